The van der Waals surface area contributed by atoms with E-state index in [1.54, 1.807) is 5.32 Å². The molecule has 0 spiro atoms. The summed E-state index contributed by atoms with van der Waals surface area (Å²) >= 11 is 0. The number of aliphatic hydroxyl groups excluding tert-OH is 1. The Bertz CT molecular complexity index is 3000. The number of aliphatic carboxylic acids is 5. The van der Waals surface area contributed by atoms with Crippen molar-refractivity contribution in [3.05, 3.63) is 22.2 Å². The number of anilines is 1. The first-order chi connectivity index (χ1) is 41.3. The number of ether oxygens (including phenoxy) is 1. The Kier molecular flexibility index (Phi) is 35.1. The molecule has 10 unspecified atom stereocenters. The summed E-state index contributed by atoms with van der Waals surface area (Å²) < 4.78 is 52.4. The number of nitrogens with zero attached hydrogens (tertiary/aromatic N) is 2. The second-order valence-corrected chi connectivity index (χ2v) is 25.2. The third-order valence-corrected chi connectivity index (χ3v) is 17.0. The molecule has 7 amide bonds. The summed E-state index contributed by atoms with van der Waals surface area (Å²) in [5.41, 5.74) is 4.96. The van der Waals surface area contributed by atoms with Crippen LogP contribution in [0.2, 0.25) is 0 Å². The molecule has 19 N–H and O–H groups in total. The van der Waals surface area contributed by atoms with Gasteiger partial charge in [-0.25, -0.2) is 37.7 Å². The van der Waals surface area contributed by atoms with E-state index in [4.69, 9.17) is 35.6 Å². The first-order valence-electron chi connectivity index (χ1n) is 25.6. The van der Waals surface area contributed by atoms with E-state index in [-0.39, 0.29) is 54.9 Å². The molecule has 10 atom stereocenters. The van der Waals surface area contributed by atoms with Crippen molar-refractivity contribution in [3.8, 4) is 11.8 Å². The Balaban J connectivity index is 0.000000946. The number of carboxylic acids is 5. The average molecular weight is 1370 g/mol. The minimum Gasteiger partial charge on any atom is -0.481 e. The van der Waals surface area contributed by atoms with Crippen LogP contribution < -0.4 is 48.6 Å². The first kappa shape index (κ1) is 79.9. The molecule has 1 aromatic heterocycles. The summed E-state index contributed by atoms with van der Waals surface area (Å²) in [4.78, 5) is 192. The fourth-order valence-corrected chi connectivity index (χ4v) is 11.9. The second-order valence-electron chi connectivity index (χ2n) is 18.1. The molecular weight excluding hydrogens is 1310 g/mol. The largest absolute Gasteiger partial charge is 0.490 e. The van der Waals surface area contributed by atoms with Gasteiger partial charge in [-0.05, 0) is 6.42 Å². The highest BCUT2D eigenvalue weighted by atomic mass is 33.1. The van der Waals surface area contributed by atoms with Gasteiger partial charge >= 0.3 is 59.0 Å². The van der Waals surface area contributed by atoms with Gasteiger partial charge in [0.05, 0.1) is 50.5 Å². The van der Waals surface area contributed by atoms with Crippen LogP contribution in [-0.4, -0.2) is 205 Å². The van der Waals surface area contributed by atoms with Gasteiger partial charge in [0.15, 0.2) is 0 Å². The van der Waals surface area contributed by atoms with Crippen molar-refractivity contribution < 1.29 is 139 Å². The quantitative estimate of drug-likeness (QED) is 0.0131. The third kappa shape index (κ3) is 33.9. The molecule has 45 heteroatoms. The SMILES string of the molecule is CCC(=O)NC(CC(=O)NC(CC(=O)NC(CC(=O)NC(CC(=O)O)C(=O)O)C(=O)O)C(=O)O)C(=O)O.CCCCCNC(=O)C(CSSCCC(=O)NCC#Cc1cn(C2CC(O)C(COP(=O)(O)OP(=O)(O)OP(=O)(O)O)O2)c(=O)nc1N)NC(C)=O. The molecule has 1 aliphatic rings. The molecule has 0 radical (unpaired) electrons. The smallest absolute Gasteiger partial charge is 0.481 e. The zero-order chi connectivity index (χ0) is 68.0. The van der Waals surface area contributed by atoms with E-state index in [9.17, 15) is 101 Å². The number of phosphoric ester groups is 1. The predicted molar refractivity (Wildman–Crippen MR) is 301 cm³/mol. The number of unbranched alkanes of at least 4 members (excludes halogenated alkanes) is 2. The average Bonchev–Trinajstić information content (AvgIpc) is 3.02. The van der Waals surface area contributed by atoms with E-state index in [0.717, 1.165) is 23.8 Å². The lowest BCUT2D eigenvalue weighted by atomic mass is 10.1. The standard InChI is InChI=1S/C25H41N6O16P3S2.C19H26N4O14/c1-3-4-5-9-28-24(35)18(29-16(2)32)15-52-51-11-8-21(34)27-10-6-7-17-13-31(25(36)30-23(17)26)22-12-19(33)20(45-22)14-44-49(40,41)47-50(42,43)46-48(37,38)39;1-2-11(24)20-7(16(30)31)3-12(25)21-8(17(32)33)4-13(26)22-9(18(34)35)5-14(27)23-10(19(36)37)6-15(28)29/h13,18-20,22,33H,3-5,8-12,14-15H2,1-2H3,(H,27,34)(H,28,35)(H,29,32)(H,40,41)(H,42,43)(H2,26,30,36)(H2,37,38,39);7-10H,2-6H2,1H3,(H,20,24)(H,21,25)(H,22,26)(H,23,27)(H,28,29)(H,30,31)(H,32,33)(H,34,35)(H,36,37). The summed E-state index contributed by atoms with van der Waals surface area (Å²) in [6.45, 7) is 4.27. The maximum atomic E-state index is 12.5. The van der Waals surface area contributed by atoms with Crippen LogP contribution in [0.3, 0.4) is 0 Å². The van der Waals surface area contributed by atoms with Gasteiger partial charge in [0.25, 0.3) is 0 Å². The summed E-state index contributed by atoms with van der Waals surface area (Å²) in [7, 11) is -14.1. The lowest BCUT2D eigenvalue weighted by Crippen LogP contribution is -2.51. The van der Waals surface area contributed by atoms with Crippen LogP contribution >= 0.6 is 45.1 Å². The van der Waals surface area contributed by atoms with Crippen molar-refractivity contribution >= 4 is 122 Å². The molecule has 0 saturated carbocycles. The molecule has 1 fully saturated rings. The zero-order valence-corrected chi connectivity index (χ0v) is 51.4. The lowest BCUT2D eigenvalue weighted by Gasteiger charge is -2.19. The predicted octanol–water partition coefficient (Wildman–Crippen LogP) is -3.81. The van der Waals surface area contributed by atoms with Crippen molar-refractivity contribution in [2.24, 2.45) is 0 Å². The Hall–Kier alpha value is -7.09. The summed E-state index contributed by atoms with van der Waals surface area (Å²) in [5.74, 6) is -7.92. The summed E-state index contributed by atoms with van der Waals surface area (Å²) in [6.07, 6.45) is -4.25. The van der Waals surface area contributed by atoms with Crippen LogP contribution in [0.5, 0.6) is 0 Å². The molecule has 0 bridgehead atoms. The van der Waals surface area contributed by atoms with Crippen molar-refractivity contribution in [2.45, 2.75) is 134 Å². The summed E-state index contributed by atoms with van der Waals surface area (Å²) in [5, 5.41) is 71.0. The first-order valence-corrected chi connectivity index (χ1v) is 32.7. The van der Waals surface area contributed by atoms with Crippen molar-refractivity contribution in [1.29, 1.82) is 0 Å². The van der Waals surface area contributed by atoms with Crippen molar-refractivity contribution in [2.75, 3.05) is 36.9 Å². The number of carboxylic acid groups (broad SMARTS) is 5. The Labute approximate surface area is 511 Å². The Morgan fingerprint density at radius 2 is 1.24 bits per heavy atom. The van der Waals surface area contributed by atoms with E-state index < -0.39 is 164 Å². The fourth-order valence-electron chi connectivity index (χ4n) is 6.70. The van der Waals surface area contributed by atoms with E-state index in [0.29, 0.717) is 18.1 Å². The van der Waals surface area contributed by atoms with Crippen LogP contribution in [0.4, 0.5) is 5.82 Å². The third-order valence-electron chi connectivity index (χ3n) is 10.8. The maximum absolute atomic E-state index is 12.5. The van der Waals surface area contributed by atoms with Crippen LogP contribution in [-0.2, 0) is 89.1 Å². The molecule has 1 aliphatic heterocycles. The van der Waals surface area contributed by atoms with Crippen LogP contribution in [0, 0.1) is 11.8 Å². The topological polar surface area (TPSA) is 640 Å². The Morgan fingerprint density at radius 1 is 0.719 bits per heavy atom. The van der Waals surface area contributed by atoms with Gasteiger partial charge in [-0.15, -0.1) is 0 Å². The van der Waals surface area contributed by atoms with Gasteiger partial charge in [-0.3, -0.25) is 47.4 Å². The van der Waals surface area contributed by atoms with Gasteiger partial charge in [0.2, 0.25) is 41.4 Å². The van der Waals surface area contributed by atoms with Gasteiger partial charge in [-0.2, -0.15) is 13.6 Å². The monoisotopic (exact) mass is 1370 g/mol. The second kappa shape index (κ2) is 39.1. The molecule has 2 rings (SSSR count). The zero-order valence-electron chi connectivity index (χ0n) is 47.1. The van der Waals surface area contributed by atoms with Crippen LogP contribution in [0.15, 0.2) is 11.0 Å². The number of carbonyl (C=O) groups excluding carboxylic acids is 7. The number of nitrogens with two attached hydrogens (primary N) is 1. The van der Waals surface area contributed by atoms with E-state index >= 15 is 0 Å². The number of nitrogen functional groups attached to an aromatic ring is 1. The highest BCUT2D eigenvalue weighted by Crippen LogP contribution is 2.66. The number of nitrogens with one attached hydrogen (secondary N) is 7. The van der Waals surface area contributed by atoms with Gasteiger partial charge in [0, 0.05) is 50.4 Å². The molecular formula is C44H67N10O30P3S2. The number of rotatable bonds is 38. The highest BCUT2D eigenvalue weighted by Gasteiger charge is 2.43. The summed E-state index contributed by atoms with van der Waals surface area (Å²) in [6, 6.07) is -8.24. The number of hydrogen-bond acceptors (Lipinski definition) is 25. The number of amides is 7. The number of aromatic nitrogens is 2. The molecule has 1 aromatic rings. The number of phosphoric acid groups is 3. The maximum Gasteiger partial charge on any atom is 0.490 e. The molecule has 1 saturated heterocycles. The van der Waals surface area contributed by atoms with Crippen LogP contribution in [0.25, 0.3) is 0 Å². The normalized spacial score (nSPS) is 17.4. The number of aliphatic hydroxyl groups is 1. The van der Waals surface area contributed by atoms with Crippen molar-refractivity contribution in [3.63, 3.8) is 0 Å². The minimum absolute atomic E-state index is 0.0544. The Morgan fingerprint density at radius 3 is 1.71 bits per heavy atom. The lowest BCUT2D eigenvalue weighted by molar-refractivity contribution is -0.148. The molecule has 89 heavy (non-hydrogen) atoms. The number of carbonyl (C=O) groups is 12. The highest BCUT2D eigenvalue weighted by molar-refractivity contribution is 8.76. The van der Waals surface area contributed by atoms with Crippen molar-refractivity contribution in [1.82, 2.24) is 46.8 Å². The van der Waals surface area contributed by atoms with E-state index in [2.05, 4.69) is 52.8 Å². The van der Waals surface area contributed by atoms with E-state index in [1.807, 2.05) is 16.0 Å². The molecule has 0 aliphatic carbocycles. The van der Waals surface area contributed by atoms with Gasteiger partial charge in [-0.1, -0.05) is 60.1 Å². The minimum atomic E-state index is -5.76. The fraction of sp³-hybridized carbons (Fsp3) is 0.591. The van der Waals surface area contributed by atoms with Gasteiger partial charge in [0.1, 0.15) is 48.4 Å². The number of hydrogen-bond donors (Lipinski definition) is 18. The molecule has 2 heterocycles. The molecule has 500 valence electrons. The van der Waals surface area contributed by atoms with Crippen LogP contribution in [0.1, 0.15) is 96.8 Å². The van der Waals surface area contributed by atoms with Gasteiger partial charge < -0.3 is 97.9 Å². The molecule has 40 nitrogen and oxygen atoms in total. The van der Waals surface area contributed by atoms with E-state index in [1.165, 1.54) is 41.6 Å². The molecule has 0 aromatic carbocycles.